The second-order valence-corrected chi connectivity index (χ2v) is 5.19. The highest BCUT2D eigenvalue weighted by Crippen LogP contribution is 2.00. The summed E-state index contributed by atoms with van der Waals surface area (Å²) < 4.78 is 5.24. The van der Waals surface area contributed by atoms with Gasteiger partial charge < -0.3 is 10.1 Å². The minimum absolute atomic E-state index is 0.0268. The highest BCUT2D eigenvalue weighted by molar-refractivity contribution is 5.81. The van der Waals surface area contributed by atoms with Crippen molar-refractivity contribution in [2.45, 2.75) is 39.3 Å². The van der Waals surface area contributed by atoms with Crippen LogP contribution in [0.1, 0.15) is 27.7 Å². The summed E-state index contributed by atoms with van der Waals surface area (Å²) >= 11 is 0. The quantitative estimate of drug-likeness (QED) is 0.722. The Balaban J connectivity index is 2.33. The zero-order chi connectivity index (χ0) is 12.2. The lowest BCUT2D eigenvalue weighted by molar-refractivity contribution is -0.126. The van der Waals surface area contributed by atoms with Crippen molar-refractivity contribution in [3.05, 3.63) is 0 Å². The van der Waals surface area contributed by atoms with Gasteiger partial charge in [-0.3, -0.25) is 4.79 Å². The number of hydrogen-bond acceptors (Lipinski definition) is 4. The van der Waals surface area contributed by atoms with Gasteiger partial charge in [-0.15, -0.1) is 0 Å². The summed E-state index contributed by atoms with van der Waals surface area (Å²) in [4.78, 5) is 11.8. The first-order valence-corrected chi connectivity index (χ1v) is 5.79. The van der Waals surface area contributed by atoms with Gasteiger partial charge in [-0.1, -0.05) is 0 Å². The maximum absolute atomic E-state index is 11.8. The third-order valence-electron chi connectivity index (χ3n) is 2.28. The van der Waals surface area contributed by atoms with Crippen molar-refractivity contribution in [3.63, 3.8) is 0 Å². The maximum Gasteiger partial charge on any atom is 0.238 e. The number of nitrogens with zero attached hydrogens (tertiary/aromatic N) is 1. The fourth-order valence-corrected chi connectivity index (χ4v) is 1.50. The Morgan fingerprint density at radius 1 is 1.31 bits per heavy atom. The first kappa shape index (κ1) is 13.4. The van der Waals surface area contributed by atoms with Crippen LogP contribution in [-0.4, -0.2) is 48.8 Å². The molecule has 1 aliphatic heterocycles. The molecular formula is C11H23N3O2. The fraction of sp³-hybridized carbons (Fsp3) is 0.909. The van der Waals surface area contributed by atoms with Gasteiger partial charge in [0.25, 0.3) is 0 Å². The molecular weight excluding hydrogens is 206 g/mol. The molecule has 0 radical (unpaired) electrons. The van der Waals surface area contributed by atoms with E-state index >= 15 is 0 Å². The van der Waals surface area contributed by atoms with E-state index in [9.17, 15) is 4.79 Å². The topological polar surface area (TPSA) is 53.6 Å². The highest BCUT2D eigenvalue weighted by Gasteiger charge is 2.21. The minimum atomic E-state index is -0.211. The van der Waals surface area contributed by atoms with Crippen molar-refractivity contribution in [2.75, 3.05) is 26.3 Å². The lowest BCUT2D eigenvalue weighted by Gasteiger charge is -2.31. The Kier molecular flexibility index (Phi) is 4.70. The number of hydrazine groups is 1. The van der Waals surface area contributed by atoms with E-state index in [-0.39, 0.29) is 17.5 Å². The molecule has 5 nitrogen and oxygen atoms in total. The molecule has 1 unspecified atom stereocenters. The number of nitrogens with one attached hydrogen (secondary N) is 2. The van der Waals surface area contributed by atoms with Crippen LogP contribution in [0, 0.1) is 0 Å². The summed E-state index contributed by atoms with van der Waals surface area (Å²) in [6.07, 6.45) is 0. The number of amides is 1. The van der Waals surface area contributed by atoms with Crippen LogP contribution in [0.5, 0.6) is 0 Å². The molecule has 1 saturated heterocycles. The molecule has 0 spiro atoms. The molecule has 94 valence electrons. The van der Waals surface area contributed by atoms with Crippen molar-refractivity contribution in [1.29, 1.82) is 0 Å². The van der Waals surface area contributed by atoms with Gasteiger partial charge in [-0.2, -0.15) is 0 Å². The van der Waals surface area contributed by atoms with E-state index in [1.54, 1.807) is 0 Å². The molecule has 16 heavy (non-hydrogen) atoms. The molecule has 0 aromatic heterocycles. The molecule has 5 heteroatoms. The van der Waals surface area contributed by atoms with Crippen LogP contribution in [0.15, 0.2) is 0 Å². The maximum atomic E-state index is 11.8. The second-order valence-electron chi connectivity index (χ2n) is 5.19. The molecule has 0 aromatic carbocycles. The summed E-state index contributed by atoms with van der Waals surface area (Å²) in [6.45, 7) is 10.9. The Hall–Kier alpha value is -0.650. The smallest absolute Gasteiger partial charge is 0.238 e. The van der Waals surface area contributed by atoms with E-state index in [2.05, 4.69) is 10.7 Å². The lowest BCUT2D eigenvalue weighted by atomic mass is 10.1. The zero-order valence-electron chi connectivity index (χ0n) is 10.7. The van der Waals surface area contributed by atoms with Crippen LogP contribution in [0.4, 0.5) is 0 Å². The first-order chi connectivity index (χ1) is 7.38. The molecule has 0 aliphatic carbocycles. The van der Waals surface area contributed by atoms with Crippen LogP contribution in [0.2, 0.25) is 0 Å². The van der Waals surface area contributed by atoms with Crippen molar-refractivity contribution in [1.82, 2.24) is 15.8 Å². The fourth-order valence-electron chi connectivity index (χ4n) is 1.50. The third-order valence-corrected chi connectivity index (χ3v) is 2.28. The van der Waals surface area contributed by atoms with Crippen molar-refractivity contribution < 1.29 is 9.53 Å². The van der Waals surface area contributed by atoms with Gasteiger partial charge in [0.05, 0.1) is 19.3 Å². The normalized spacial score (nSPS) is 20.5. The van der Waals surface area contributed by atoms with Crippen molar-refractivity contribution in [2.24, 2.45) is 0 Å². The van der Waals surface area contributed by atoms with E-state index in [0.717, 1.165) is 26.3 Å². The highest BCUT2D eigenvalue weighted by atomic mass is 16.5. The molecule has 1 aliphatic rings. The second kappa shape index (κ2) is 5.61. The molecule has 1 rings (SSSR count). The van der Waals surface area contributed by atoms with Crippen LogP contribution in [0.25, 0.3) is 0 Å². The van der Waals surface area contributed by atoms with Gasteiger partial charge in [0.1, 0.15) is 0 Å². The van der Waals surface area contributed by atoms with Gasteiger partial charge in [-0.25, -0.2) is 10.4 Å². The number of hydrogen-bond donors (Lipinski definition) is 2. The predicted molar refractivity (Wildman–Crippen MR) is 62.9 cm³/mol. The molecule has 0 saturated carbocycles. The molecule has 1 fully saturated rings. The number of ether oxygens (including phenoxy) is 1. The number of carbonyl (C=O) groups excluding carboxylic acids is 1. The number of morpholine rings is 1. The van der Waals surface area contributed by atoms with E-state index in [1.807, 2.05) is 32.7 Å². The molecule has 1 amide bonds. The van der Waals surface area contributed by atoms with Crippen molar-refractivity contribution >= 4 is 5.91 Å². The number of carbonyl (C=O) groups is 1. The van der Waals surface area contributed by atoms with Gasteiger partial charge in [0, 0.05) is 18.6 Å². The van der Waals surface area contributed by atoms with E-state index in [1.165, 1.54) is 0 Å². The zero-order valence-corrected chi connectivity index (χ0v) is 10.7. The van der Waals surface area contributed by atoms with Gasteiger partial charge in [-0.05, 0) is 27.7 Å². The van der Waals surface area contributed by atoms with E-state index < -0.39 is 0 Å². The Bertz CT molecular complexity index is 232. The Morgan fingerprint density at radius 2 is 1.88 bits per heavy atom. The largest absolute Gasteiger partial charge is 0.379 e. The molecule has 0 bridgehead atoms. The summed E-state index contributed by atoms with van der Waals surface area (Å²) in [5.41, 5.74) is 3.00. The minimum Gasteiger partial charge on any atom is -0.379 e. The molecule has 2 N–H and O–H groups in total. The average molecular weight is 229 g/mol. The summed E-state index contributed by atoms with van der Waals surface area (Å²) in [5, 5.41) is 4.99. The third kappa shape index (κ3) is 4.92. The Morgan fingerprint density at radius 3 is 2.38 bits per heavy atom. The van der Waals surface area contributed by atoms with E-state index in [4.69, 9.17) is 4.74 Å². The standard InChI is InChI=1S/C11H23N3O2/c1-9(10(15)12-11(2,3)4)13-14-5-7-16-8-6-14/h9,13H,5-8H2,1-4H3,(H,12,15). The molecule has 1 atom stereocenters. The van der Waals surface area contributed by atoms with Crippen LogP contribution < -0.4 is 10.7 Å². The number of rotatable bonds is 3. The monoisotopic (exact) mass is 229 g/mol. The summed E-state index contributed by atoms with van der Waals surface area (Å²) in [7, 11) is 0. The van der Waals surface area contributed by atoms with Gasteiger partial charge in [0.2, 0.25) is 5.91 Å². The van der Waals surface area contributed by atoms with Gasteiger partial charge in [0.15, 0.2) is 0 Å². The van der Waals surface area contributed by atoms with Crippen molar-refractivity contribution in [3.8, 4) is 0 Å². The molecule has 1 heterocycles. The summed E-state index contributed by atoms with van der Waals surface area (Å²) in [6, 6.07) is -0.211. The average Bonchev–Trinajstić information content (AvgIpc) is 2.16. The van der Waals surface area contributed by atoms with Crippen LogP contribution in [-0.2, 0) is 9.53 Å². The first-order valence-electron chi connectivity index (χ1n) is 5.79. The summed E-state index contributed by atoms with van der Waals surface area (Å²) in [5.74, 6) is 0.0268. The molecule has 0 aromatic rings. The Labute approximate surface area is 97.5 Å². The van der Waals surface area contributed by atoms with Crippen LogP contribution in [0.3, 0.4) is 0 Å². The lowest BCUT2D eigenvalue weighted by Crippen LogP contribution is -2.56. The SMILES string of the molecule is CC(NN1CCOCC1)C(=O)NC(C)(C)C. The van der Waals surface area contributed by atoms with Gasteiger partial charge >= 0.3 is 0 Å². The predicted octanol–water partition coefficient (Wildman–Crippen LogP) is 0.126. The van der Waals surface area contributed by atoms with E-state index in [0.29, 0.717) is 0 Å². The van der Waals surface area contributed by atoms with Crippen LogP contribution >= 0.6 is 0 Å².